The summed E-state index contributed by atoms with van der Waals surface area (Å²) in [6.45, 7) is 6.83. The van der Waals surface area contributed by atoms with E-state index in [1.165, 1.54) is 0 Å². The lowest BCUT2D eigenvalue weighted by atomic mass is 9.71. The molecule has 0 amide bonds. The summed E-state index contributed by atoms with van der Waals surface area (Å²) < 4.78 is 0. The topological polar surface area (TPSA) is 58.0 Å². The first-order valence-electron chi connectivity index (χ1n) is 6.76. The first-order chi connectivity index (χ1) is 8.78. The van der Waals surface area contributed by atoms with Crippen LogP contribution < -0.4 is 5.32 Å². The summed E-state index contributed by atoms with van der Waals surface area (Å²) in [4.78, 5) is 8.28. The van der Waals surface area contributed by atoms with Gasteiger partial charge in [-0.25, -0.2) is 9.97 Å². The van der Waals surface area contributed by atoms with Crippen LogP contribution in [0, 0.1) is 12.3 Å². The summed E-state index contributed by atoms with van der Waals surface area (Å²) in [5, 5.41) is 14.2. The number of rotatable bonds is 3. The van der Waals surface area contributed by atoms with E-state index in [9.17, 15) is 5.11 Å². The average molecular weight is 284 g/mol. The van der Waals surface area contributed by atoms with E-state index in [0.29, 0.717) is 28.8 Å². The molecule has 2 N–H and O–H groups in total. The SMILES string of the molecule is Cc1nc(Cl)cc(NCC2(O)CCC(C)(C)CC2)n1. The van der Waals surface area contributed by atoms with Crippen LogP contribution in [0.25, 0.3) is 0 Å². The zero-order chi connectivity index (χ0) is 14.1. The Labute approximate surface area is 119 Å². The van der Waals surface area contributed by atoms with Crippen LogP contribution in [-0.2, 0) is 0 Å². The normalized spacial score (nSPS) is 21.1. The predicted octanol–water partition coefficient (Wildman–Crippen LogP) is 3.18. The highest BCUT2D eigenvalue weighted by Crippen LogP contribution is 2.40. The molecule has 1 aromatic heterocycles. The molecule has 1 heterocycles. The molecular weight excluding hydrogens is 262 g/mol. The maximum absolute atomic E-state index is 10.6. The maximum atomic E-state index is 10.6. The molecule has 19 heavy (non-hydrogen) atoms. The number of aryl methyl sites for hydroxylation is 1. The van der Waals surface area contributed by atoms with E-state index < -0.39 is 5.60 Å². The van der Waals surface area contributed by atoms with Gasteiger partial charge < -0.3 is 10.4 Å². The quantitative estimate of drug-likeness (QED) is 0.837. The molecule has 0 unspecified atom stereocenters. The standard InChI is InChI=1S/C14H22ClN3O/c1-10-17-11(15)8-12(18-10)16-9-14(19)6-4-13(2,3)5-7-14/h8,19H,4-7,9H2,1-3H3,(H,16,17,18). The monoisotopic (exact) mass is 283 g/mol. The molecule has 0 aromatic carbocycles. The number of hydrogen-bond acceptors (Lipinski definition) is 4. The van der Waals surface area contributed by atoms with Crippen molar-refractivity contribution in [2.75, 3.05) is 11.9 Å². The molecule has 0 saturated heterocycles. The van der Waals surface area contributed by atoms with Crippen molar-refractivity contribution in [1.82, 2.24) is 9.97 Å². The van der Waals surface area contributed by atoms with Gasteiger partial charge in [0.25, 0.3) is 0 Å². The van der Waals surface area contributed by atoms with E-state index in [0.717, 1.165) is 25.7 Å². The van der Waals surface area contributed by atoms with Gasteiger partial charge >= 0.3 is 0 Å². The summed E-state index contributed by atoms with van der Waals surface area (Å²) in [5.74, 6) is 1.31. The lowest BCUT2D eigenvalue weighted by Gasteiger charge is -2.40. The van der Waals surface area contributed by atoms with Crippen molar-refractivity contribution in [2.24, 2.45) is 5.41 Å². The van der Waals surface area contributed by atoms with Gasteiger partial charge in [0, 0.05) is 12.6 Å². The van der Waals surface area contributed by atoms with Crippen molar-refractivity contribution in [3.05, 3.63) is 17.0 Å². The molecule has 0 radical (unpaired) electrons. The third-order valence-electron chi connectivity index (χ3n) is 3.94. The Kier molecular flexibility index (Phi) is 4.02. The predicted molar refractivity (Wildman–Crippen MR) is 77.5 cm³/mol. The highest BCUT2D eigenvalue weighted by atomic mass is 35.5. The second kappa shape index (κ2) is 5.25. The zero-order valence-electron chi connectivity index (χ0n) is 11.8. The Morgan fingerprint density at radius 1 is 1.26 bits per heavy atom. The lowest BCUT2D eigenvalue weighted by Crippen LogP contribution is -2.42. The molecule has 1 saturated carbocycles. The Morgan fingerprint density at radius 2 is 1.89 bits per heavy atom. The third-order valence-corrected chi connectivity index (χ3v) is 4.13. The molecule has 2 rings (SSSR count). The van der Waals surface area contributed by atoms with Crippen molar-refractivity contribution in [2.45, 2.75) is 52.1 Å². The van der Waals surface area contributed by atoms with Gasteiger partial charge in [-0.1, -0.05) is 25.4 Å². The van der Waals surface area contributed by atoms with Gasteiger partial charge in [-0.15, -0.1) is 0 Å². The summed E-state index contributed by atoms with van der Waals surface area (Å²) in [5.41, 5.74) is -0.290. The van der Waals surface area contributed by atoms with E-state index in [1.54, 1.807) is 13.0 Å². The minimum atomic E-state index is -0.638. The molecule has 0 spiro atoms. The molecular formula is C14H22ClN3O. The number of aromatic nitrogens is 2. The Morgan fingerprint density at radius 3 is 2.47 bits per heavy atom. The molecule has 1 aliphatic carbocycles. The van der Waals surface area contributed by atoms with Gasteiger partial charge in [0.1, 0.15) is 16.8 Å². The molecule has 0 aliphatic heterocycles. The van der Waals surface area contributed by atoms with Gasteiger partial charge in [0.15, 0.2) is 0 Å². The molecule has 106 valence electrons. The minimum Gasteiger partial charge on any atom is -0.388 e. The van der Waals surface area contributed by atoms with E-state index in [2.05, 4.69) is 29.1 Å². The average Bonchev–Trinajstić information content (AvgIpc) is 2.30. The van der Waals surface area contributed by atoms with Crippen LogP contribution in [-0.4, -0.2) is 27.2 Å². The van der Waals surface area contributed by atoms with Crippen LogP contribution >= 0.6 is 11.6 Å². The minimum absolute atomic E-state index is 0.348. The fourth-order valence-electron chi connectivity index (χ4n) is 2.45. The van der Waals surface area contributed by atoms with Crippen LogP contribution in [0.4, 0.5) is 5.82 Å². The first kappa shape index (κ1) is 14.5. The molecule has 1 aromatic rings. The second-order valence-corrected chi connectivity index (χ2v) is 6.75. The smallest absolute Gasteiger partial charge is 0.134 e. The Hall–Kier alpha value is -0.870. The molecule has 0 bridgehead atoms. The number of anilines is 1. The van der Waals surface area contributed by atoms with Crippen LogP contribution in [0.1, 0.15) is 45.4 Å². The van der Waals surface area contributed by atoms with Crippen LogP contribution in [0.5, 0.6) is 0 Å². The van der Waals surface area contributed by atoms with Crippen LogP contribution in [0.3, 0.4) is 0 Å². The highest BCUT2D eigenvalue weighted by molar-refractivity contribution is 6.29. The largest absolute Gasteiger partial charge is 0.388 e. The number of nitrogens with zero attached hydrogens (tertiary/aromatic N) is 2. The van der Waals surface area contributed by atoms with E-state index in [4.69, 9.17) is 11.6 Å². The Balaban J connectivity index is 1.95. The molecule has 5 heteroatoms. The maximum Gasteiger partial charge on any atom is 0.134 e. The van der Waals surface area contributed by atoms with Crippen LogP contribution in [0.15, 0.2) is 6.07 Å². The van der Waals surface area contributed by atoms with Gasteiger partial charge in [0.2, 0.25) is 0 Å². The summed E-state index contributed by atoms with van der Waals surface area (Å²) >= 11 is 5.89. The fourth-order valence-corrected chi connectivity index (χ4v) is 2.67. The summed E-state index contributed by atoms with van der Waals surface area (Å²) in [7, 11) is 0. The van der Waals surface area contributed by atoms with Crippen molar-refractivity contribution in [3.8, 4) is 0 Å². The molecule has 1 aliphatic rings. The van der Waals surface area contributed by atoms with Crippen molar-refractivity contribution in [1.29, 1.82) is 0 Å². The van der Waals surface area contributed by atoms with Crippen molar-refractivity contribution < 1.29 is 5.11 Å². The number of halogens is 1. The van der Waals surface area contributed by atoms with Gasteiger partial charge in [0.05, 0.1) is 5.60 Å². The molecule has 4 nitrogen and oxygen atoms in total. The van der Waals surface area contributed by atoms with E-state index in [-0.39, 0.29) is 0 Å². The highest BCUT2D eigenvalue weighted by Gasteiger charge is 2.36. The first-order valence-corrected chi connectivity index (χ1v) is 7.13. The number of hydrogen-bond donors (Lipinski definition) is 2. The van der Waals surface area contributed by atoms with Crippen LogP contribution in [0.2, 0.25) is 5.15 Å². The van der Waals surface area contributed by atoms with Crippen molar-refractivity contribution >= 4 is 17.4 Å². The van der Waals surface area contributed by atoms with Gasteiger partial charge in [-0.05, 0) is 38.0 Å². The lowest BCUT2D eigenvalue weighted by molar-refractivity contribution is -0.0145. The number of nitrogens with one attached hydrogen (secondary N) is 1. The molecule has 1 fully saturated rings. The van der Waals surface area contributed by atoms with E-state index in [1.807, 2.05) is 0 Å². The van der Waals surface area contributed by atoms with Crippen molar-refractivity contribution in [3.63, 3.8) is 0 Å². The second-order valence-electron chi connectivity index (χ2n) is 6.37. The summed E-state index contributed by atoms with van der Waals surface area (Å²) in [6.07, 6.45) is 3.75. The third kappa shape index (κ3) is 4.05. The van der Waals surface area contributed by atoms with Gasteiger partial charge in [-0.2, -0.15) is 0 Å². The number of aliphatic hydroxyl groups is 1. The molecule has 0 atom stereocenters. The van der Waals surface area contributed by atoms with Gasteiger partial charge in [-0.3, -0.25) is 0 Å². The fraction of sp³-hybridized carbons (Fsp3) is 0.714. The van der Waals surface area contributed by atoms with E-state index >= 15 is 0 Å². The summed E-state index contributed by atoms with van der Waals surface area (Å²) in [6, 6.07) is 1.69. The Bertz CT molecular complexity index is 432. The zero-order valence-corrected chi connectivity index (χ0v) is 12.6.